The number of nitrogens with zero attached hydrogens (tertiary/aromatic N) is 5. The van der Waals surface area contributed by atoms with Crippen LogP contribution in [0.2, 0.25) is 0 Å². The lowest BCUT2D eigenvalue weighted by Gasteiger charge is -2.15. The number of benzene rings is 1. The second-order valence-corrected chi connectivity index (χ2v) is 9.67. The summed E-state index contributed by atoms with van der Waals surface area (Å²) in [5, 5.41) is 14.1. The topological polar surface area (TPSA) is 103 Å². The van der Waals surface area contributed by atoms with Crippen molar-refractivity contribution in [3.63, 3.8) is 0 Å². The lowest BCUT2D eigenvalue weighted by molar-refractivity contribution is -0.140. The van der Waals surface area contributed by atoms with E-state index in [-0.39, 0.29) is 6.10 Å². The Labute approximate surface area is 210 Å². The highest BCUT2D eigenvalue weighted by atomic mass is 16.5. The second kappa shape index (κ2) is 9.18. The highest BCUT2D eigenvalue weighted by Gasteiger charge is 2.52. The zero-order valence-electron chi connectivity index (χ0n) is 20.9. The molecule has 36 heavy (non-hydrogen) atoms. The monoisotopic (exact) mass is 483 g/mol. The van der Waals surface area contributed by atoms with E-state index in [9.17, 15) is 9.90 Å². The van der Waals surface area contributed by atoms with Gasteiger partial charge in [-0.3, -0.25) is 19.4 Å². The molecule has 0 spiro atoms. The Morgan fingerprint density at radius 2 is 1.89 bits per heavy atom. The maximum atomic E-state index is 11.7. The molecule has 184 valence electrons. The van der Waals surface area contributed by atoms with E-state index in [0.29, 0.717) is 25.1 Å². The summed E-state index contributed by atoms with van der Waals surface area (Å²) in [6, 6.07) is 10.0. The average Bonchev–Trinajstić information content (AvgIpc) is 3.58. The molecule has 4 aromatic rings. The van der Waals surface area contributed by atoms with Crippen molar-refractivity contribution in [2.75, 3.05) is 0 Å². The molecule has 1 N–H and O–H groups in total. The van der Waals surface area contributed by atoms with Crippen LogP contribution in [0, 0.1) is 6.92 Å². The van der Waals surface area contributed by atoms with Crippen molar-refractivity contribution < 1.29 is 14.6 Å². The van der Waals surface area contributed by atoms with E-state index in [1.165, 1.54) is 0 Å². The van der Waals surface area contributed by atoms with E-state index in [2.05, 4.69) is 21.1 Å². The van der Waals surface area contributed by atoms with Gasteiger partial charge < -0.3 is 9.84 Å². The van der Waals surface area contributed by atoms with Crippen molar-refractivity contribution in [2.24, 2.45) is 7.05 Å². The standard InChI is InChI=1S/C28H29N5O3/c1-17(2)36-26-16-29-14-21(32-26)12-25-22(15-31-33(25)4)24-8-6-20(13-30-24)19-5-7-23(18(3)11-19)28(9-10-28)27(34)35/h5-8,11,13-17H,9-10,12H2,1-4H3,(H,34,35). The van der Waals surface area contributed by atoms with Gasteiger partial charge in [0.25, 0.3) is 0 Å². The van der Waals surface area contributed by atoms with Gasteiger partial charge in [-0.15, -0.1) is 0 Å². The summed E-state index contributed by atoms with van der Waals surface area (Å²) in [5.74, 6) is -0.229. The van der Waals surface area contributed by atoms with Gasteiger partial charge in [-0.05, 0) is 56.4 Å². The molecule has 0 aliphatic heterocycles. The molecular formula is C28H29N5O3. The third-order valence-corrected chi connectivity index (χ3v) is 6.70. The van der Waals surface area contributed by atoms with Gasteiger partial charge in [0.2, 0.25) is 5.88 Å². The number of rotatable bonds is 8. The number of carboxylic acid groups (broad SMARTS) is 1. The zero-order chi connectivity index (χ0) is 25.4. The molecule has 0 saturated heterocycles. The van der Waals surface area contributed by atoms with Crippen LogP contribution in [0.3, 0.4) is 0 Å². The normalized spacial score (nSPS) is 14.1. The Balaban J connectivity index is 1.39. The van der Waals surface area contributed by atoms with Crippen molar-refractivity contribution >= 4 is 5.97 Å². The molecule has 8 heteroatoms. The van der Waals surface area contributed by atoms with Crippen molar-refractivity contribution in [1.29, 1.82) is 0 Å². The van der Waals surface area contributed by atoms with Crippen LogP contribution in [-0.2, 0) is 23.7 Å². The van der Waals surface area contributed by atoms with Crippen LogP contribution in [0.1, 0.15) is 49.2 Å². The summed E-state index contributed by atoms with van der Waals surface area (Å²) in [5.41, 5.74) is 6.72. The minimum absolute atomic E-state index is 0.0245. The predicted octanol–water partition coefficient (Wildman–Crippen LogP) is 4.74. The van der Waals surface area contributed by atoms with E-state index in [1.54, 1.807) is 12.4 Å². The van der Waals surface area contributed by atoms with Gasteiger partial charge in [-0.25, -0.2) is 4.98 Å². The second-order valence-electron chi connectivity index (χ2n) is 9.67. The number of hydrogen-bond donors (Lipinski definition) is 1. The third-order valence-electron chi connectivity index (χ3n) is 6.70. The maximum Gasteiger partial charge on any atom is 0.314 e. The van der Waals surface area contributed by atoms with Gasteiger partial charge >= 0.3 is 5.97 Å². The summed E-state index contributed by atoms with van der Waals surface area (Å²) < 4.78 is 7.52. The molecule has 5 rings (SSSR count). The van der Waals surface area contributed by atoms with Crippen LogP contribution in [0.25, 0.3) is 22.4 Å². The van der Waals surface area contributed by atoms with Crippen molar-refractivity contribution in [1.82, 2.24) is 24.7 Å². The van der Waals surface area contributed by atoms with E-state index in [0.717, 1.165) is 44.9 Å². The molecular weight excluding hydrogens is 454 g/mol. The van der Waals surface area contributed by atoms with Crippen LogP contribution in [0.5, 0.6) is 5.88 Å². The molecule has 0 atom stereocenters. The Hall–Kier alpha value is -4.07. The summed E-state index contributed by atoms with van der Waals surface area (Å²) >= 11 is 0. The molecule has 1 aliphatic carbocycles. The van der Waals surface area contributed by atoms with E-state index in [4.69, 9.17) is 9.72 Å². The number of hydrogen-bond acceptors (Lipinski definition) is 6. The highest BCUT2D eigenvalue weighted by molar-refractivity contribution is 5.86. The van der Waals surface area contributed by atoms with Crippen LogP contribution in [0.4, 0.5) is 0 Å². The van der Waals surface area contributed by atoms with Crippen LogP contribution >= 0.6 is 0 Å². The third kappa shape index (κ3) is 4.46. The zero-order valence-corrected chi connectivity index (χ0v) is 20.9. The first kappa shape index (κ1) is 23.7. The van der Waals surface area contributed by atoms with E-state index >= 15 is 0 Å². The molecule has 0 unspecified atom stereocenters. The Kier molecular flexibility index (Phi) is 6.04. The van der Waals surface area contributed by atoms with Gasteiger partial charge in [-0.1, -0.05) is 24.3 Å². The Bertz CT molecular complexity index is 1420. The minimum Gasteiger partial charge on any atom is -0.481 e. The number of carboxylic acids is 1. The van der Waals surface area contributed by atoms with E-state index in [1.807, 2.05) is 69.2 Å². The van der Waals surface area contributed by atoms with Gasteiger partial charge in [0.05, 0.1) is 41.0 Å². The van der Waals surface area contributed by atoms with Crippen molar-refractivity contribution in [3.05, 3.63) is 77.6 Å². The fraction of sp³-hybridized carbons (Fsp3) is 0.321. The number of aromatic nitrogens is 5. The molecule has 0 radical (unpaired) electrons. The largest absolute Gasteiger partial charge is 0.481 e. The Morgan fingerprint density at radius 1 is 1.11 bits per heavy atom. The predicted molar refractivity (Wildman–Crippen MR) is 136 cm³/mol. The molecule has 1 saturated carbocycles. The Morgan fingerprint density at radius 3 is 2.53 bits per heavy atom. The fourth-order valence-electron chi connectivity index (χ4n) is 4.66. The number of aliphatic carboxylic acids is 1. The average molecular weight is 484 g/mol. The molecule has 1 aromatic carbocycles. The number of carbonyl (C=O) groups is 1. The lowest BCUT2D eigenvalue weighted by atomic mass is 9.90. The minimum atomic E-state index is -0.734. The van der Waals surface area contributed by atoms with Crippen LogP contribution < -0.4 is 4.74 Å². The van der Waals surface area contributed by atoms with Gasteiger partial charge in [0, 0.05) is 37.0 Å². The number of pyridine rings is 1. The van der Waals surface area contributed by atoms with Gasteiger partial charge in [0.1, 0.15) is 0 Å². The van der Waals surface area contributed by atoms with E-state index < -0.39 is 11.4 Å². The summed E-state index contributed by atoms with van der Waals surface area (Å²) in [4.78, 5) is 25.3. The smallest absolute Gasteiger partial charge is 0.314 e. The summed E-state index contributed by atoms with van der Waals surface area (Å²) in [7, 11) is 1.91. The summed E-state index contributed by atoms with van der Waals surface area (Å²) in [6.45, 7) is 5.89. The van der Waals surface area contributed by atoms with Crippen LogP contribution in [0.15, 0.2) is 55.1 Å². The highest BCUT2D eigenvalue weighted by Crippen LogP contribution is 2.50. The maximum absolute atomic E-state index is 11.7. The molecule has 1 fully saturated rings. The molecule has 3 aromatic heterocycles. The first-order chi connectivity index (χ1) is 17.3. The molecule has 8 nitrogen and oxygen atoms in total. The first-order valence-electron chi connectivity index (χ1n) is 12.1. The summed E-state index contributed by atoms with van der Waals surface area (Å²) in [6.07, 6.45) is 9.00. The quantitative estimate of drug-likeness (QED) is 0.386. The fourth-order valence-corrected chi connectivity index (χ4v) is 4.66. The SMILES string of the molecule is Cc1cc(-c2ccc(-c3cnn(C)c3Cc3cncc(OC(C)C)n3)nc2)ccc1C1(C(=O)O)CC1. The molecule has 1 aliphatic rings. The van der Waals surface area contributed by atoms with Crippen LogP contribution in [-0.4, -0.2) is 41.9 Å². The van der Waals surface area contributed by atoms with Crippen molar-refractivity contribution in [3.8, 4) is 28.3 Å². The lowest BCUT2D eigenvalue weighted by Crippen LogP contribution is -2.20. The molecule has 0 bridgehead atoms. The number of ether oxygens (including phenoxy) is 1. The van der Waals surface area contributed by atoms with Gasteiger partial charge in [-0.2, -0.15) is 5.10 Å². The molecule has 3 heterocycles. The number of aryl methyl sites for hydroxylation is 2. The first-order valence-corrected chi connectivity index (χ1v) is 12.1. The van der Waals surface area contributed by atoms with Gasteiger partial charge in [0.15, 0.2) is 0 Å². The molecule has 0 amide bonds. The van der Waals surface area contributed by atoms with Crippen molar-refractivity contribution in [2.45, 2.75) is 51.6 Å².